The molecule has 1 aromatic carbocycles. The number of ketones is 1. The van der Waals surface area contributed by atoms with Gasteiger partial charge < -0.3 is 9.53 Å². The van der Waals surface area contributed by atoms with E-state index in [-0.39, 0.29) is 30.1 Å². The second-order valence-electron chi connectivity index (χ2n) is 3.97. The Hall–Kier alpha value is -2.03. The van der Waals surface area contributed by atoms with Gasteiger partial charge in [-0.25, -0.2) is 0 Å². The summed E-state index contributed by atoms with van der Waals surface area (Å²) in [6, 6.07) is 4.78. The van der Waals surface area contributed by atoms with Crippen LogP contribution in [0.4, 0.5) is 13.2 Å². The van der Waals surface area contributed by atoms with Crippen LogP contribution in [0.3, 0.4) is 0 Å². The Balaban J connectivity index is 2.83. The van der Waals surface area contributed by atoms with Gasteiger partial charge in [-0.15, -0.1) is 0 Å². The summed E-state index contributed by atoms with van der Waals surface area (Å²) >= 11 is 0. The lowest BCUT2D eigenvalue weighted by Gasteiger charge is -2.14. The first-order chi connectivity index (χ1) is 8.84. The van der Waals surface area contributed by atoms with E-state index in [1.165, 1.54) is 13.0 Å². The number of nitriles is 1. The highest BCUT2D eigenvalue weighted by molar-refractivity contribution is 5.75. The number of hydrogen-bond acceptors (Lipinski definition) is 3. The normalized spacial score (nSPS) is 10.9. The smallest absolute Gasteiger partial charge is 0.420 e. The first kappa shape index (κ1) is 15.0. The number of rotatable bonds is 5. The van der Waals surface area contributed by atoms with Crippen LogP contribution >= 0.6 is 0 Å². The predicted molar refractivity (Wildman–Crippen MR) is 61.6 cm³/mol. The molecular weight excluding hydrogens is 259 g/mol. The van der Waals surface area contributed by atoms with Gasteiger partial charge in [0.15, 0.2) is 0 Å². The topological polar surface area (TPSA) is 50.1 Å². The van der Waals surface area contributed by atoms with Crippen LogP contribution < -0.4 is 4.74 Å². The molecule has 0 aliphatic carbocycles. The molecule has 0 unspecified atom stereocenters. The zero-order chi connectivity index (χ0) is 14.5. The molecule has 0 aliphatic heterocycles. The monoisotopic (exact) mass is 271 g/mol. The minimum atomic E-state index is -4.58. The van der Waals surface area contributed by atoms with Crippen molar-refractivity contribution >= 4 is 5.78 Å². The lowest BCUT2D eigenvalue weighted by Crippen LogP contribution is -2.10. The van der Waals surface area contributed by atoms with Crippen LogP contribution in [0.2, 0.25) is 0 Å². The zero-order valence-electron chi connectivity index (χ0n) is 10.3. The largest absolute Gasteiger partial charge is 0.493 e. The molecule has 3 nitrogen and oxygen atoms in total. The van der Waals surface area contributed by atoms with Crippen molar-refractivity contribution in [1.29, 1.82) is 5.26 Å². The number of alkyl halides is 3. The van der Waals surface area contributed by atoms with Gasteiger partial charge >= 0.3 is 6.18 Å². The summed E-state index contributed by atoms with van der Waals surface area (Å²) in [5.74, 6) is -0.366. The molecule has 102 valence electrons. The van der Waals surface area contributed by atoms with Gasteiger partial charge in [0, 0.05) is 6.42 Å². The third-order valence-corrected chi connectivity index (χ3v) is 2.34. The maximum Gasteiger partial charge on any atom is 0.420 e. The van der Waals surface area contributed by atoms with Gasteiger partial charge in [0.05, 0.1) is 23.8 Å². The molecule has 0 amide bonds. The highest BCUT2D eigenvalue weighted by atomic mass is 19.4. The lowest BCUT2D eigenvalue weighted by molar-refractivity contribution is -0.139. The number of nitrogens with zero attached hydrogens (tertiary/aromatic N) is 1. The number of hydrogen-bond donors (Lipinski definition) is 0. The Morgan fingerprint density at radius 3 is 2.63 bits per heavy atom. The van der Waals surface area contributed by atoms with E-state index in [0.717, 1.165) is 12.1 Å². The maximum atomic E-state index is 12.8. The third kappa shape index (κ3) is 4.62. The molecule has 1 rings (SSSR count). The summed E-state index contributed by atoms with van der Waals surface area (Å²) in [5.41, 5.74) is -1.06. The fraction of sp³-hybridized carbons (Fsp3) is 0.385. The van der Waals surface area contributed by atoms with Gasteiger partial charge in [0.2, 0.25) is 0 Å². The molecular formula is C13H12F3NO2. The minimum absolute atomic E-state index is 0.0224. The van der Waals surface area contributed by atoms with Crippen LogP contribution in [-0.4, -0.2) is 12.4 Å². The van der Waals surface area contributed by atoms with Crippen LogP contribution in [0, 0.1) is 11.3 Å². The average molecular weight is 271 g/mol. The Morgan fingerprint density at radius 2 is 2.11 bits per heavy atom. The number of Topliss-reactive ketones (excluding diaryl/α,β-unsaturated/α-hetero) is 1. The first-order valence-electron chi connectivity index (χ1n) is 5.58. The quantitative estimate of drug-likeness (QED) is 0.772. The van der Waals surface area contributed by atoms with Crippen LogP contribution in [0.5, 0.6) is 5.75 Å². The van der Waals surface area contributed by atoms with E-state index in [4.69, 9.17) is 10.00 Å². The van der Waals surface area contributed by atoms with Gasteiger partial charge in [-0.2, -0.15) is 18.4 Å². The molecule has 0 bridgehead atoms. The van der Waals surface area contributed by atoms with Crippen molar-refractivity contribution in [2.24, 2.45) is 0 Å². The first-order valence-corrected chi connectivity index (χ1v) is 5.58. The Kier molecular flexibility index (Phi) is 4.93. The third-order valence-electron chi connectivity index (χ3n) is 2.34. The molecule has 0 radical (unpaired) electrons. The van der Waals surface area contributed by atoms with Crippen molar-refractivity contribution in [3.8, 4) is 11.8 Å². The highest BCUT2D eigenvalue weighted by Crippen LogP contribution is 2.36. The van der Waals surface area contributed by atoms with E-state index >= 15 is 0 Å². The van der Waals surface area contributed by atoms with Gasteiger partial charge in [0.25, 0.3) is 0 Å². The Labute approximate surface area is 108 Å². The number of carbonyl (C=O) groups is 1. The minimum Gasteiger partial charge on any atom is -0.493 e. The molecule has 0 saturated carbocycles. The summed E-state index contributed by atoms with van der Waals surface area (Å²) in [4.78, 5) is 10.7. The predicted octanol–water partition coefficient (Wildman–Crippen LogP) is 3.33. The lowest BCUT2D eigenvalue weighted by atomic mass is 10.1. The van der Waals surface area contributed by atoms with Crippen LogP contribution in [0.1, 0.15) is 30.9 Å². The number of halogens is 3. The van der Waals surface area contributed by atoms with Crippen molar-refractivity contribution < 1.29 is 22.7 Å². The fourth-order valence-corrected chi connectivity index (χ4v) is 1.45. The summed E-state index contributed by atoms with van der Waals surface area (Å²) in [6.45, 7) is 1.43. The molecule has 1 aromatic rings. The maximum absolute atomic E-state index is 12.8. The van der Waals surface area contributed by atoms with E-state index in [9.17, 15) is 18.0 Å². The second-order valence-corrected chi connectivity index (χ2v) is 3.97. The number of carbonyl (C=O) groups excluding carboxylic acids is 1. The van der Waals surface area contributed by atoms with Crippen molar-refractivity contribution in [3.63, 3.8) is 0 Å². The molecule has 0 atom stereocenters. The summed E-state index contributed by atoms with van der Waals surface area (Å²) in [6.07, 6.45) is -3.97. The Bertz CT molecular complexity index is 504. The molecule has 0 N–H and O–H groups in total. The van der Waals surface area contributed by atoms with Crippen molar-refractivity contribution in [2.75, 3.05) is 6.61 Å². The molecule has 0 spiro atoms. The van der Waals surface area contributed by atoms with E-state index in [2.05, 4.69) is 0 Å². The SMILES string of the molecule is CC(=O)CCCOc1ccc(C#N)cc1C(F)(F)F. The van der Waals surface area contributed by atoms with Crippen molar-refractivity contribution in [1.82, 2.24) is 0 Å². The number of benzene rings is 1. The van der Waals surface area contributed by atoms with Gasteiger partial charge in [-0.3, -0.25) is 0 Å². The molecule has 0 heterocycles. The molecule has 19 heavy (non-hydrogen) atoms. The van der Waals surface area contributed by atoms with Crippen LogP contribution in [-0.2, 0) is 11.0 Å². The van der Waals surface area contributed by atoms with E-state index < -0.39 is 11.7 Å². The highest BCUT2D eigenvalue weighted by Gasteiger charge is 2.34. The summed E-state index contributed by atoms with van der Waals surface area (Å²) in [5, 5.41) is 8.60. The van der Waals surface area contributed by atoms with Gasteiger partial charge in [-0.1, -0.05) is 0 Å². The summed E-state index contributed by atoms with van der Waals surface area (Å²) in [7, 11) is 0. The zero-order valence-corrected chi connectivity index (χ0v) is 10.3. The average Bonchev–Trinajstić information content (AvgIpc) is 2.33. The molecule has 0 aromatic heterocycles. The standard InChI is InChI=1S/C13H12F3NO2/c1-9(18)3-2-6-19-12-5-4-10(8-17)7-11(12)13(14,15)16/h4-5,7H,2-3,6H2,1H3. The van der Waals surface area contributed by atoms with Crippen LogP contribution in [0.15, 0.2) is 18.2 Å². The molecule has 6 heteroatoms. The molecule has 0 aliphatic rings. The van der Waals surface area contributed by atoms with Crippen molar-refractivity contribution in [3.05, 3.63) is 29.3 Å². The number of ether oxygens (including phenoxy) is 1. The second kappa shape index (κ2) is 6.23. The van der Waals surface area contributed by atoms with E-state index in [1.54, 1.807) is 6.07 Å². The van der Waals surface area contributed by atoms with E-state index in [1.807, 2.05) is 0 Å². The van der Waals surface area contributed by atoms with Gasteiger partial charge in [-0.05, 0) is 31.5 Å². The Morgan fingerprint density at radius 1 is 1.42 bits per heavy atom. The van der Waals surface area contributed by atoms with E-state index in [0.29, 0.717) is 6.42 Å². The van der Waals surface area contributed by atoms with Gasteiger partial charge in [0.1, 0.15) is 11.5 Å². The van der Waals surface area contributed by atoms with Crippen LogP contribution in [0.25, 0.3) is 0 Å². The summed E-state index contributed by atoms with van der Waals surface area (Å²) < 4.78 is 43.3. The molecule has 0 saturated heterocycles. The fourth-order valence-electron chi connectivity index (χ4n) is 1.45. The molecule has 0 fully saturated rings. The van der Waals surface area contributed by atoms with Crippen molar-refractivity contribution in [2.45, 2.75) is 25.9 Å².